The van der Waals surface area contributed by atoms with Crippen LogP contribution < -0.4 is 24.1 Å². The van der Waals surface area contributed by atoms with E-state index in [1.807, 2.05) is 22.6 Å². The Morgan fingerprint density at radius 3 is 1.80 bits per heavy atom. The zero-order valence-corrected chi connectivity index (χ0v) is 39.7. The third-order valence-electron chi connectivity index (χ3n) is 10.3. The Labute approximate surface area is 395 Å². The van der Waals surface area contributed by atoms with Gasteiger partial charge in [-0.05, 0) is 111 Å². The van der Waals surface area contributed by atoms with Gasteiger partial charge in [0, 0.05) is 29.7 Å². The summed E-state index contributed by atoms with van der Waals surface area (Å²) >= 11 is 1.89. The van der Waals surface area contributed by atoms with Gasteiger partial charge >= 0.3 is 22.5 Å². The molecule has 0 bridgehead atoms. The van der Waals surface area contributed by atoms with E-state index < -0.39 is 43.1 Å². The summed E-state index contributed by atoms with van der Waals surface area (Å²) in [5.41, 5.74) is 3.74. The first-order chi connectivity index (χ1) is 31.8. The van der Waals surface area contributed by atoms with E-state index in [2.05, 4.69) is 20.8 Å². The maximum Gasteiger partial charge on any atom is 0.431 e. The number of nitrogens with one attached hydrogen (secondary N) is 1. The van der Waals surface area contributed by atoms with Crippen LogP contribution in [0, 0.1) is 3.57 Å². The summed E-state index contributed by atoms with van der Waals surface area (Å²) in [4.78, 5) is 28.8. The molecule has 1 aromatic heterocycles. The molecule has 22 heteroatoms. The van der Waals surface area contributed by atoms with Crippen molar-refractivity contribution in [3.63, 3.8) is 0 Å². The molecule has 0 unspecified atom stereocenters. The lowest BCUT2D eigenvalue weighted by molar-refractivity contribution is 0.139. The highest BCUT2D eigenvalue weighted by atomic mass is 127. The van der Waals surface area contributed by atoms with Crippen molar-refractivity contribution >= 4 is 60.8 Å². The number of tetrazole rings is 1. The van der Waals surface area contributed by atoms with Gasteiger partial charge in [0.15, 0.2) is 0 Å². The van der Waals surface area contributed by atoms with E-state index in [0.717, 1.165) is 15.9 Å². The number of likely N-dealkylation sites (tertiary alicyclic amines) is 1. The van der Waals surface area contributed by atoms with Crippen molar-refractivity contribution in [2.45, 2.75) is 44.0 Å². The Balaban J connectivity index is 1.41. The van der Waals surface area contributed by atoms with Gasteiger partial charge < -0.3 is 28.0 Å². The minimum absolute atomic E-state index is 0.109. The van der Waals surface area contributed by atoms with Gasteiger partial charge in [-0.2, -0.15) is 17.5 Å². The number of anilines is 1. The number of carbonyl (C=O) groups excluding carboxylic acids is 2. The second-order valence-corrected chi connectivity index (χ2v) is 19.1. The predicted octanol–water partition coefficient (Wildman–Crippen LogP) is 6.53. The van der Waals surface area contributed by atoms with Gasteiger partial charge in [0.1, 0.15) is 28.8 Å². The van der Waals surface area contributed by atoms with Gasteiger partial charge in [0.25, 0.3) is 0 Å². The van der Waals surface area contributed by atoms with E-state index >= 15 is 8.42 Å². The molecule has 6 aromatic rings. The Kier molecular flexibility index (Phi) is 15.3. The lowest BCUT2D eigenvalue weighted by Gasteiger charge is -2.29. The number of sulfonamides is 1. The van der Waals surface area contributed by atoms with Gasteiger partial charge in [-0.3, -0.25) is 0 Å². The average molecular weight is 1050 g/mol. The van der Waals surface area contributed by atoms with E-state index in [9.17, 15) is 18.0 Å². The third kappa shape index (κ3) is 11.5. The van der Waals surface area contributed by atoms with E-state index in [1.165, 1.54) is 30.0 Å². The Bertz CT molecular complexity index is 2800. The Hall–Kier alpha value is -6.50. The molecule has 0 radical (unpaired) electrons. The fraction of sp³-hybridized carbons (Fsp3) is 0.250. The lowest BCUT2D eigenvalue weighted by atomic mass is 10.2. The number of amides is 2. The molecule has 1 aliphatic rings. The number of benzene rings is 5. The van der Waals surface area contributed by atoms with E-state index in [4.69, 9.17) is 23.1 Å². The largest absolute Gasteiger partial charge is 0.497 e. The van der Waals surface area contributed by atoms with Crippen molar-refractivity contribution in [1.82, 2.24) is 34.8 Å². The van der Waals surface area contributed by atoms with Crippen LogP contribution in [0.2, 0.25) is 0 Å². The number of ether oxygens (including phenoxy) is 4. The molecule has 2 heterocycles. The monoisotopic (exact) mass is 1050 g/mol. The minimum atomic E-state index is -5.44. The summed E-state index contributed by atoms with van der Waals surface area (Å²) < 4.78 is 88.9. The first kappa shape index (κ1) is 47.5. The summed E-state index contributed by atoms with van der Waals surface area (Å²) in [5.74, 6) is 1.48. The number of hydrazine groups is 1. The molecule has 0 saturated carbocycles. The van der Waals surface area contributed by atoms with E-state index in [1.54, 1.807) is 110 Å². The molecule has 1 aliphatic heterocycles. The van der Waals surface area contributed by atoms with Crippen molar-refractivity contribution in [1.29, 1.82) is 0 Å². The van der Waals surface area contributed by atoms with Gasteiger partial charge in [-0.1, -0.05) is 66.7 Å². The van der Waals surface area contributed by atoms with Gasteiger partial charge in [-0.25, -0.2) is 23.4 Å². The van der Waals surface area contributed by atoms with Crippen molar-refractivity contribution in [3.8, 4) is 28.6 Å². The zero-order valence-electron chi connectivity index (χ0n) is 35.9. The SMILES string of the molecule is COc1ccc(CN(Cc2ccc(OC)cc2)S(=O)(=O)c2c(N(NC(=O)OCc3ccccc3)S(=O)(=O)OC(=O)N3CCCC3)ccc(I)c2-c2nnn(Cc3ccc(OC)cc3)n2)cc1. The molecule has 0 atom stereocenters. The van der Waals surface area contributed by atoms with Crippen LogP contribution in [0.25, 0.3) is 11.4 Å². The molecule has 5 aromatic carbocycles. The molecular formula is C44H45IN8O11S2. The lowest BCUT2D eigenvalue weighted by Crippen LogP contribution is -2.49. The molecule has 66 heavy (non-hydrogen) atoms. The normalized spacial score (nSPS) is 12.7. The van der Waals surface area contributed by atoms with Gasteiger partial charge in [0.05, 0.1) is 39.1 Å². The molecule has 0 aliphatic carbocycles. The fourth-order valence-corrected chi connectivity index (χ4v) is 10.5. The number of methoxy groups -OCH3 is 3. The Morgan fingerprint density at radius 2 is 1.26 bits per heavy atom. The number of hydrogen-bond donors (Lipinski definition) is 1. The van der Waals surface area contributed by atoms with Crippen LogP contribution in [-0.2, 0) is 55.5 Å². The Morgan fingerprint density at radius 1 is 0.712 bits per heavy atom. The second-order valence-electron chi connectivity index (χ2n) is 14.7. The molecule has 1 fully saturated rings. The van der Waals surface area contributed by atoms with Crippen LogP contribution in [0.4, 0.5) is 15.3 Å². The molecule has 7 rings (SSSR count). The van der Waals surface area contributed by atoms with Crippen LogP contribution in [-0.4, -0.2) is 92.9 Å². The maximum atomic E-state index is 15.9. The smallest absolute Gasteiger partial charge is 0.431 e. The molecular weight excluding hydrogens is 1010 g/mol. The van der Waals surface area contributed by atoms with Crippen molar-refractivity contribution in [2.75, 3.05) is 38.8 Å². The quantitative estimate of drug-likeness (QED) is 0.0716. The predicted molar refractivity (Wildman–Crippen MR) is 249 cm³/mol. The van der Waals surface area contributed by atoms with Crippen LogP contribution >= 0.6 is 22.6 Å². The maximum absolute atomic E-state index is 15.9. The highest BCUT2D eigenvalue weighted by molar-refractivity contribution is 14.1. The summed E-state index contributed by atoms with van der Waals surface area (Å²) in [6.45, 7) is -0.239. The van der Waals surface area contributed by atoms with Crippen molar-refractivity contribution in [3.05, 3.63) is 141 Å². The molecule has 346 valence electrons. The van der Waals surface area contributed by atoms with Crippen LogP contribution in [0.15, 0.2) is 120 Å². The first-order valence-corrected chi connectivity index (χ1v) is 24.2. The van der Waals surface area contributed by atoms with Crippen LogP contribution in [0.1, 0.15) is 35.1 Å². The van der Waals surface area contributed by atoms with E-state index in [-0.39, 0.29) is 58.7 Å². The van der Waals surface area contributed by atoms with E-state index in [0.29, 0.717) is 46.8 Å². The highest BCUT2D eigenvalue weighted by Crippen LogP contribution is 2.41. The van der Waals surface area contributed by atoms with Crippen molar-refractivity contribution in [2.24, 2.45) is 0 Å². The number of hydrogen-bond acceptors (Lipinski definition) is 14. The minimum Gasteiger partial charge on any atom is -0.497 e. The third-order valence-corrected chi connectivity index (χ3v) is 14.1. The average Bonchev–Trinajstić information content (AvgIpc) is 4.04. The summed E-state index contributed by atoms with van der Waals surface area (Å²) in [6.07, 6.45) is -1.33. The zero-order chi connectivity index (χ0) is 46.8. The van der Waals surface area contributed by atoms with Gasteiger partial charge in [-0.15, -0.1) is 14.6 Å². The van der Waals surface area contributed by atoms with Crippen LogP contribution in [0.5, 0.6) is 17.2 Å². The number of rotatable bonds is 18. The number of carbonyl (C=O) groups is 2. The number of nitrogens with zero attached hydrogens (tertiary/aromatic N) is 7. The van der Waals surface area contributed by atoms with Crippen molar-refractivity contribution < 1.29 is 49.6 Å². The summed E-state index contributed by atoms with van der Waals surface area (Å²) in [5, 5.41) is 13.1. The topological polar surface area (TPSA) is 214 Å². The summed E-state index contributed by atoms with van der Waals surface area (Å²) in [7, 11) is -5.86. The fourth-order valence-electron chi connectivity index (χ4n) is 6.86. The first-order valence-electron chi connectivity index (χ1n) is 20.3. The van der Waals surface area contributed by atoms with Crippen LogP contribution in [0.3, 0.4) is 0 Å². The molecule has 1 saturated heterocycles. The number of aromatic nitrogens is 4. The van der Waals surface area contributed by atoms with Gasteiger partial charge in [0.2, 0.25) is 15.8 Å². The highest BCUT2D eigenvalue weighted by Gasteiger charge is 2.41. The standard InChI is InChI=1S/C44H45IN8O11S2/c1-60-35-17-11-31(12-18-35)27-51(28-32-13-19-36(61-2)20-14-32)65(56,57)41-39(24-23-38(45)40(41)42-46-49-52(47-42)29-33-15-21-37(62-3)22-16-33)53(48-43(54)63-30-34-9-5-4-6-10-34)66(58,59)64-44(55)50-25-7-8-26-50/h4-6,9-24H,7-8,25-30H2,1-3H3,(H,48,54). The summed E-state index contributed by atoms with van der Waals surface area (Å²) in [6, 6.07) is 31.7. The molecule has 0 spiro atoms. The molecule has 1 N–H and O–H groups in total. The number of halogens is 1. The molecule has 19 nitrogen and oxygen atoms in total. The second kappa shape index (κ2) is 21.2. The molecule has 2 amide bonds.